The maximum Gasteiger partial charge on any atom is 0.348 e. The Balaban J connectivity index is 0.00000147. The van der Waals surface area contributed by atoms with Crippen LogP contribution in [0.3, 0.4) is 0 Å². The van der Waals surface area contributed by atoms with Gasteiger partial charge in [0.2, 0.25) is 0 Å². The summed E-state index contributed by atoms with van der Waals surface area (Å²) in [5.41, 5.74) is 1.16. The molecule has 0 bridgehead atoms. The van der Waals surface area contributed by atoms with Crippen molar-refractivity contribution < 1.29 is 34.4 Å². The number of aromatic amines is 2. The van der Waals surface area contributed by atoms with Gasteiger partial charge in [-0.3, -0.25) is 19.4 Å². The molecule has 0 fully saturated rings. The lowest BCUT2D eigenvalue weighted by Gasteiger charge is -2.27. The molecule has 0 aliphatic carbocycles. The fraction of sp³-hybridized carbons (Fsp3) is 0.207. The number of carbonyl (C=O) groups excluding carboxylic acids is 3. The number of H-pyrrole nitrogens is 2. The standard InChI is InChI=1S/C28H27N5O5.CH2O2/c1-16(27(37)38)13-31-26(36)23-30-15-22(24(34)32-23)25(35)33-28(2,3)19-9-7-17(8-10-19)20-6-4-5-18-14-29-12-11-21(18)20;2-1-3/h4-12,14-16H,13H2,1-3H3,(H,31,36)(H,33,35)(H,37,38)(H,30,32,34);1H,(H,2,3)/t16-;/m1./s1. The highest BCUT2D eigenvalue weighted by atomic mass is 16.4. The van der Waals surface area contributed by atoms with Gasteiger partial charge in [0.15, 0.2) is 5.56 Å². The number of pyridine rings is 1. The number of aliphatic carboxylic acids is 1. The van der Waals surface area contributed by atoms with Crippen LogP contribution in [0.2, 0.25) is 0 Å². The monoisotopic (exact) mass is 559 g/mol. The molecular formula is C29H29N5O7. The van der Waals surface area contributed by atoms with Crippen LogP contribution in [0, 0.1) is 5.92 Å². The third-order valence-electron chi connectivity index (χ3n) is 6.33. The fourth-order valence-corrected chi connectivity index (χ4v) is 4.00. The summed E-state index contributed by atoms with van der Waals surface area (Å²) in [5, 5.41) is 24.6. The molecule has 2 amide bonds. The van der Waals surface area contributed by atoms with Gasteiger partial charge in [-0.25, -0.2) is 14.8 Å². The molecule has 2 aromatic carbocycles. The molecule has 0 unspecified atom stereocenters. The first-order valence-electron chi connectivity index (χ1n) is 12.5. The summed E-state index contributed by atoms with van der Waals surface area (Å²) in [4.78, 5) is 66.0. The van der Waals surface area contributed by atoms with E-state index in [1.807, 2.05) is 68.6 Å². The maximum absolute atomic E-state index is 12.9. The average molecular weight is 560 g/mol. The van der Waals surface area contributed by atoms with Crippen molar-refractivity contribution in [1.82, 2.24) is 20.6 Å². The molecule has 41 heavy (non-hydrogen) atoms. The van der Waals surface area contributed by atoms with Crippen molar-refractivity contribution in [2.24, 2.45) is 5.92 Å². The van der Waals surface area contributed by atoms with Crippen LogP contribution >= 0.6 is 0 Å². The van der Waals surface area contributed by atoms with Crippen molar-refractivity contribution in [3.8, 4) is 11.1 Å². The fourth-order valence-electron chi connectivity index (χ4n) is 4.00. The second kappa shape index (κ2) is 13.1. The van der Waals surface area contributed by atoms with E-state index in [9.17, 15) is 19.2 Å². The summed E-state index contributed by atoms with van der Waals surface area (Å²) < 4.78 is 0. The number of benzene rings is 2. The van der Waals surface area contributed by atoms with Crippen molar-refractivity contribution in [3.63, 3.8) is 0 Å². The number of rotatable bonds is 8. The van der Waals surface area contributed by atoms with Gasteiger partial charge in [0, 0.05) is 30.8 Å². The van der Waals surface area contributed by atoms with Gasteiger partial charge < -0.3 is 25.6 Å². The van der Waals surface area contributed by atoms with Crippen LogP contribution in [0.4, 0.5) is 0 Å². The first kappa shape index (κ1) is 30.2. The highest BCUT2D eigenvalue weighted by molar-refractivity contribution is 5.96. The lowest BCUT2D eigenvalue weighted by atomic mass is 9.91. The highest BCUT2D eigenvalue weighted by Gasteiger charge is 2.27. The normalized spacial score (nSPS) is 11.5. The Kier molecular flexibility index (Phi) is 9.64. The van der Waals surface area contributed by atoms with Gasteiger partial charge in [-0.1, -0.05) is 49.4 Å². The van der Waals surface area contributed by atoms with Crippen LogP contribution < -0.4 is 26.3 Å². The van der Waals surface area contributed by atoms with E-state index < -0.39 is 41.3 Å². The molecule has 12 nitrogen and oxygen atoms in total. The third kappa shape index (κ3) is 7.38. The van der Waals surface area contributed by atoms with Crippen LogP contribution in [-0.2, 0) is 15.1 Å². The quantitative estimate of drug-likeness (QED) is 0.228. The maximum atomic E-state index is 12.9. The Bertz CT molecular complexity index is 1630. The van der Waals surface area contributed by atoms with E-state index in [1.54, 1.807) is 6.20 Å². The number of nitrogens with one attached hydrogen (secondary N) is 4. The molecule has 12 heteroatoms. The number of carbonyl (C=O) groups is 4. The first-order valence-corrected chi connectivity index (χ1v) is 12.5. The predicted octanol–water partition coefficient (Wildman–Crippen LogP) is 0.886. The molecule has 0 aliphatic rings. The minimum atomic E-state index is -1.06. The predicted molar refractivity (Wildman–Crippen MR) is 146 cm³/mol. The smallest absolute Gasteiger partial charge is 0.348 e. The molecule has 4 rings (SSSR count). The molecule has 1 atom stereocenters. The first-order chi connectivity index (χ1) is 19.5. The summed E-state index contributed by atoms with van der Waals surface area (Å²) in [6.07, 6.45) is 4.74. The van der Waals surface area contributed by atoms with E-state index in [0.717, 1.165) is 33.7 Å². The van der Waals surface area contributed by atoms with E-state index in [2.05, 4.69) is 25.6 Å². The molecule has 0 radical (unpaired) electrons. The van der Waals surface area contributed by atoms with Crippen LogP contribution in [-0.4, -0.2) is 45.9 Å². The molecule has 212 valence electrons. The summed E-state index contributed by atoms with van der Waals surface area (Å²) in [5.74, 6) is -3.35. The van der Waals surface area contributed by atoms with E-state index in [1.165, 1.54) is 6.92 Å². The Hall–Kier alpha value is -5.39. The molecular weight excluding hydrogens is 530 g/mol. The van der Waals surface area contributed by atoms with Crippen LogP contribution in [0.5, 0.6) is 0 Å². The average Bonchev–Trinajstić information content (AvgIpc) is 2.95. The summed E-state index contributed by atoms with van der Waals surface area (Å²) in [6, 6.07) is 15.8. The van der Waals surface area contributed by atoms with Gasteiger partial charge in [0.1, 0.15) is 6.20 Å². The highest BCUT2D eigenvalue weighted by Crippen LogP contribution is 2.30. The number of carboxylic acids is 1. The van der Waals surface area contributed by atoms with Gasteiger partial charge in [-0.2, -0.15) is 0 Å². The summed E-state index contributed by atoms with van der Waals surface area (Å²) in [6.45, 7) is 4.48. The second-order valence-corrected chi connectivity index (χ2v) is 9.64. The van der Waals surface area contributed by atoms with Gasteiger partial charge in [0.05, 0.1) is 11.5 Å². The van der Waals surface area contributed by atoms with Gasteiger partial charge >= 0.3 is 23.3 Å². The second-order valence-electron chi connectivity index (χ2n) is 9.64. The molecule has 4 aromatic rings. The van der Waals surface area contributed by atoms with Crippen LogP contribution in [0.15, 0.2) is 71.9 Å². The van der Waals surface area contributed by atoms with Gasteiger partial charge in [-0.15, -0.1) is 0 Å². The zero-order chi connectivity index (χ0) is 30.2. The molecule has 0 spiro atoms. The van der Waals surface area contributed by atoms with Gasteiger partial charge in [0.25, 0.3) is 5.91 Å². The van der Waals surface area contributed by atoms with Gasteiger partial charge in [-0.05, 0) is 42.0 Å². The third-order valence-corrected chi connectivity index (χ3v) is 6.33. The summed E-state index contributed by atoms with van der Waals surface area (Å²) in [7, 11) is 0. The Morgan fingerprint density at radius 2 is 1.80 bits per heavy atom. The number of fused-ring (bicyclic) bond motifs is 1. The van der Waals surface area contributed by atoms with Crippen molar-refractivity contribution in [1.29, 1.82) is 0 Å². The number of hydrogen-bond acceptors (Lipinski definition) is 7. The lowest BCUT2D eigenvalue weighted by Crippen LogP contribution is -2.44. The van der Waals surface area contributed by atoms with E-state index >= 15 is 0 Å². The minimum absolute atomic E-state index is 0.114. The number of carboxylic acid groups (broad SMARTS) is 2. The molecule has 0 saturated heterocycles. The molecule has 0 saturated carbocycles. The molecule has 5 N–H and O–H groups in total. The van der Waals surface area contributed by atoms with Crippen molar-refractivity contribution in [2.45, 2.75) is 26.3 Å². The topological polar surface area (TPSA) is 196 Å². The Morgan fingerprint density at radius 1 is 1.12 bits per heavy atom. The zero-order valence-electron chi connectivity index (χ0n) is 22.6. The lowest BCUT2D eigenvalue weighted by molar-refractivity contribution is -0.387. The van der Waals surface area contributed by atoms with E-state index in [-0.39, 0.29) is 17.9 Å². The van der Waals surface area contributed by atoms with Crippen molar-refractivity contribution in [3.05, 3.63) is 94.4 Å². The van der Waals surface area contributed by atoms with Crippen LogP contribution in [0.25, 0.3) is 21.9 Å². The SMILES string of the molecule is C[C@H](CNC(=O)c1[nH]c(=O)c(C(=O)NC(C)(C)c2ccc(-c3cccc4cnccc34)cc2)c[nH+]1)C(=O)O.O=C[O-]. The van der Waals surface area contributed by atoms with Crippen molar-refractivity contribution in [2.75, 3.05) is 6.54 Å². The largest absolute Gasteiger partial charge is 0.554 e. The molecule has 0 aliphatic heterocycles. The zero-order valence-corrected chi connectivity index (χ0v) is 22.6. The minimum Gasteiger partial charge on any atom is -0.554 e. The van der Waals surface area contributed by atoms with Crippen LogP contribution in [0.1, 0.15) is 47.3 Å². The summed E-state index contributed by atoms with van der Waals surface area (Å²) >= 11 is 0. The Morgan fingerprint density at radius 3 is 2.44 bits per heavy atom. The molecule has 2 heterocycles. The number of amides is 2. The van der Waals surface area contributed by atoms with E-state index in [4.69, 9.17) is 15.0 Å². The number of hydrogen-bond donors (Lipinski definition) is 4. The number of nitrogens with zero attached hydrogens (tertiary/aromatic N) is 1. The Labute approximate surface area is 234 Å². The number of aromatic nitrogens is 3. The van der Waals surface area contributed by atoms with Crippen molar-refractivity contribution >= 4 is 35.0 Å². The molecule has 2 aromatic heterocycles. The van der Waals surface area contributed by atoms with E-state index in [0.29, 0.717) is 0 Å².